The Kier molecular flexibility index (Phi) is 7.86. The summed E-state index contributed by atoms with van der Waals surface area (Å²) in [5, 5.41) is 0.701. The molecule has 0 saturated heterocycles. The smallest absolute Gasteiger partial charge is 0.130 e. The molecule has 0 fully saturated rings. The van der Waals surface area contributed by atoms with Crippen molar-refractivity contribution in [2.24, 2.45) is 5.73 Å². The quantitative estimate of drug-likeness (QED) is 0.878. The van der Waals surface area contributed by atoms with Gasteiger partial charge in [0, 0.05) is 17.4 Å². The maximum Gasteiger partial charge on any atom is 0.130 e. The fraction of sp³-hybridized carbons (Fsp3) is 0.462. The zero-order chi connectivity index (χ0) is 12.6. The molecule has 2 nitrogen and oxygen atoms in total. The summed E-state index contributed by atoms with van der Waals surface area (Å²) in [6, 6.07) is 7.48. The molecule has 3 heteroatoms. The standard InChI is InChI=1S/C11H14ClNO.C2H6/c1-8(14)6-10(7-13)9-2-4-11(12)5-3-9;1-2/h2-5,10H,6-7,13H2,1H3;1-2H3. The molecule has 0 radical (unpaired) electrons. The van der Waals surface area contributed by atoms with Crippen LogP contribution in [0.4, 0.5) is 0 Å². The molecule has 0 heterocycles. The van der Waals surface area contributed by atoms with Crippen LogP contribution in [0.1, 0.15) is 38.7 Å². The van der Waals surface area contributed by atoms with Gasteiger partial charge in [-0.25, -0.2) is 0 Å². The molecule has 1 unspecified atom stereocenters. The van der Waals surface area contributed by atoms with E-state index in [0.717, 1.165) is 5.56 Å². The monoisotopic (exact) mass is 241 g/mol. The number of Topliss-reactive ketones (excluding diaryl/α,β-unsaturated/α-hetero) is 1. The molecule has 0 aliphatic rings. The normalized spacial score (nSPS) is 11.3. The summed E-state index contributed by atoms with van der Waals surface area (Å²) in [6.07, 6.45) is 0.498. The van der Waals surface area contributed by atoms with Crippen LogP contribution in [0, 0.1) is 0 Å². The molecule has 2 N–H and O–H groups in total. The van der Waals surface area contributed by atoms with Crippen molar-refractivity contribution in [1.82, 2.24) is 0 Å². The Balaban J connectivity index is 0.00000106. The predicted molar refractivity (Wildman–Crippen MR) is 69.9 cm³/mol. The maximum absolute atomic E-state index is 11.0. The van der Waals surface area contributed by atoms with Crippen molar-refractivity contribution < 1.29 is 4.79 Å². The number of carbonyl (C=O) groups is 1. The second-order valence-corrected chi connectivity index (χ2v) is 3.83. The van der Waals surface area contributed by atoms with Crippen LogP contribution in [-0.4, -0.2) is 12.3 Å². The minimum atomic E-state index is 0.116. The van der Waals surface area contributed by atoms with E-state index in [-0.39, 0.29) is 11.7 Å². The second-order valence-electron chi connectivity index (χ2n) is 3.39. The molecule has 1 aromatic carbocycles. The maximum atomic E-state index is 11.0. The van der Waals surface area contributed by atoms with Gasteiger partial charge in [0.25, 0.3) is 0 Å². The first kappa shape index (κ1) is 15.1. The molecule has 1 atom stereocenters. The molecule has 0 saturated carbocycles. The van der Waals surface area contributed by atoms with Crippen molar-refractivity contribution in [3.8, 4) is 0 Å². The molecule has 0 spiro atoms. The highest BCUT2D eigenvalue weighted by Crippen LogP contribution is 2.20. The van der Waals surface area contributed by atoms with E-state index in [1.54, 1.807) is 6.92 Å². The van der Waals surface area contributed by atoms with Crippen LogP contribution in [0.2, 0.25) is 5.02 Å². The van der Waals surface area contributed by atoms with Gasteiger partial charge >= 0.3 is 0 Å². The van der Waals surface area contributed by atoms with Gasteiger partial charge in [-0.15, -0.1) is 0 Å². The number of hydrogen-bond donors (Lipinski definition) is 1. The largest absolute Gasteiger partial charge is 0.330 e. The summed E-state index contributed by atoms with van der Waals surface area (Å²) in [4.78, 5) is 11.0. The Bertz CT molecular complexity index is 308. The van der Waals surface area contributed by atoms with Crippen molar-refractivity contribution in [3.05, 3.63) is 34.9 Å². The molecule has 0 aromatic heterocycles. The lowest BCUT2D eigenvalue weighted by atomic mass is 9.94. The summed E-state index contributed by atoms with van der Waals surface area (Å²) < 4.78 is 0. The molecule has 90 valence electrons. The van der Waals surface area contributed by atoms with Gasteiger partial charge in [-0.2, -0.15) is 0 Å². The lowest BCUT2D eigenvalue weighted by Gasteiger charge is -2.13. The Morgan fingerprint density at radius 2 is 1.81 bits per heavy atom. The van der Waals surface area contributed by atoms with Crippen molar-refractivity contribution >= 4 is 17.4 Å². The van der Waals surface area contributed by atoms with Crippen molar-refractivity contribution in [3.63, 3.8) is 0 Å². The third kappa shape index (κ3) is 5.29. The highest BCUT2D eigenvalue weighted by atomic mass is 35.5. The number of benzene rings is 1. The summed E-state index contributed by atoms with van der Waals surface area (Å²) in [5.41, 5.74) is 6.68. The van der Waals surface area contributed by atoms with Gasteiger partial charge in [-0.05, 0) is 31.2 Å². The first-order valence-corrected chi connectivity index (χ1v) is 5.96. The minimum absolute atomic E-state index is 0.116. The Labute approximate surface area is 103 Å². The summed E-state index contributed by atoms with van der Waals surface area (Å²) in [5.74, 6) is 0.278. The Morgan fingerprint density at radius 3 is 2.19 bits per heavy atom. The van der Waals surface area contributed by atoms with Gasteiger partial charge in [0.15, 0.2) is 0 Å². The van der Waals surface area contributed by atoms with Gasteiger partial charge in [-0.3, -0.25) is 0 Å². The topological polar surface area (TPSA) is 43.1 Å². The number of rotatable bonds is 4. The predicted octanol–water partition coefficient (Wildman–Crippen LogP) is 3.39. The van der Waals surface area contributed by atoms with Gasteiger partial charge in [0.05, 0.1) is 0 Å². The molecule has 1 aromatic rings. The fourth-order valence-electron chi connectivity index (χ4n) is 1.42. The summed E-state index contributed by atoms with van der Waals surface area (Å²) in [7, 11) is 0. The van der Waals surface area contributed by atoms with E-state index in [1.165, 1.54) is 0 Å². The van der Waals surface area contributed by atoms with Crippen LogP contribution in [-0.2, 0) is 4.79 Å². The molecule has 0 aliphatic heterocycles. The van der Waals surface area contributed by atoms with Crippen molar-refractivity contribution in [1.29, 1.82) is 0 Å². The molecule has 0 bridgehead atoms. The van der Waals surface area contributed by atoms with Gasteiger partial charge in [-0.1, -0.05) is 37.6 Å². The van der Waals surface area contributed by atoms with Crippen LogP contribution < -0.4 is 5.73 Å². The molecule has 0 aliphatic carbocycles. The van der Waals surface area contributed by atoms with E-state index in [9.17, 15) is 4.79 Å². The molecular weight excluding hydrogens is 222 g/mol. The first-order chi connectivity index (χ1) is 7.63. The second kappa shape index (κ2) is 8.31. The fourth-order valence-corrected chi connectivity index (χ4v) is 1.55. The van der Waals surface area contributed by atoms with Crippen LogP contribution in [0.25, 0.3) is 0 Å². The Hall–Kier alpha value is -0.860. The van der Waals surface area contributed by atoms with E-state index in [2.05, 4.69) is 0 Å². The van der Waals surface area contributed by atoms with Crippen LogP contribution in [0.3, 0.4) is 0 Å². The number of halogens is 1. The number of ketones is 1. The van der Waals surface area contributed by atoms with E-state index < -0.39 is 0 Å². The van der Waals surface area contributed by atoms with Crippen LogP contribution in [0.5, 0.6) is 0 Å². The molecule has 16 heavy (non-hydrogen) atoms. The highest BCUT2D eigenvalue weighted by Gasteiger charge is 2.11. The molecule has 0 amide bonds. The lowest BCUT2D eigenvalue weighted by Crippen LogP contribution is -2.15. The van der Waals surface area contributed by atoms with E-state index >= 15 is 0 Å². The van der Waals surface area contributed by atoms with Crippen molar-refractivity contribution in [2.75, 3.05) is 6.54 Å². The SMILES string of the molecule is CC.CC(=O)CC(CN)c1ccc(Cl)cc1. The summed E-state index contributed by atoms with van der Waals surface area (Å²) in [6.45, 7) is 6.07. The number of hydrogen-bond acceptors (Lipinski definition) is 2. The number of carbonyl (C=O) groups excluding carboxylic acids is 1. The minimum Gasteiger partial charge on any atom is -0.330 e. The van der Waals surface area contributed by atoms with Crippen molar-refractivity contribution in [2.45, 2.75) is 33.1 Å². The van der Waals surface area contributed by atoms with E-state index in [0.29, 0.717) is 18.0 Å². The highest BCUT2D eigenvalue weighted by molar-refractivity contribution is 6.30. The Morgan fingerprint density at radius 1 is 1.31 bits per heavy atom. The van der Waals surface area contributed by atoms with Crippen LogP contribution >= 0.6 is 11.6 Å². The third-order valence-corrected chi connectivity index (χ3v) is 2.41. The molecular formula is C13H20ClNO. The number of nitrogens with two attached hydrogens (primary N) is 1. The van der Waals surface area contributed by atoms with Gasteiger partial charge < -0.3 is 10.5 Å². The van der Waals surface area contributed by atoms with Gasteiger partial charge in [0.1, 0.15) is 5.78 Å². The average molecular weight is 242 g/mol. The first-order valence-electron chi connectivity index (χ1n) is 5.58. The van der Waals surface area contributed by atoms with E-state index in [1.807, 2.05) is 38.1 Å². The zero-order valence-electron chi connectivity index (χ0n) is 10.2. The molecule has 1 rings (SSSR count). The average Bonchev–Trinajstić information content (AvgIpc) is 2.29. The summed E-state index contributed by atoms with van der Waals surface area (Å²) >= 11 is 5.77. The van der Waals surface area contributed by atoms with Crippen LogP contribution in [0.15, 0.2) is 24.3 Å². The lowest BCUT2D eigenvalue weighted by molar-refractivity contribution is -0.117. The third-order valence-electron chi connectivity index (χ3n) is 2.16. The zero-order valence-corrected chi connectivity index (χ0v) is 10.9. The van der Waals surface area contributed by atoms with E-state index in [4.69, 9.17) is 17.3 Å². The van der Waals surface area contributed by atoms with Gasteiger partial charge in [0.2, 0.25) is 0 Å².